The van der Waals surface area contributed by atoms with Gasteiger partial charge in [-0.1, -0.05) is 11.6 Å². The van der Waals surface area contributed by atoms with Crippen LogP contribution in [0.25, 0.3) is 0 Å². The van der Waals surface area contributed by atoms with Crippen molar-refractivity contribution in [3.63, 3.8) is 0 Å². The molecule has 16 heavy (non-hydrogen) atoms. The SMILES string of the molecule is O=C(Nc1ccc(Cl)cc1Br)[C@H]1CCCN1. The second-order valence-electron chi connectivity index (χ2n) is 3.76. The van der Waals surface area contributed by atoms with Gasteiger partial charge in [0.25, 0.3) is 0 Å². The van der Waals surface area contributed by atoms with Gasteiger partial charge in [0.1, 0.15) is 0 Å². The van der Waals surface area contributed by atoms with E-state index in [9.17, 15) is 4.79 Å². The minimum absolute atomic E-state index is 0.0144. The fraction of sp³-hybridized carbons (Fsp3) is 0.364. The van der Waals surface area contributed by atoms with Crippen molar-refractivity contribution in [1.82, 2.24) is 5.32 Å². The lowest BCUT2D eigenvalue weighted by Crippen LogP contribution is -2.35. The topological polar surface area (TPSA) is 41.1 Å². The van der Waals surface area contributed by atoms with E-state index in [0.717, 1.165) is 29.5 Å². The standard InChI is InChI=1S/C11H12BrClN2O/c12-8-6-7(13)3-4-9(8)15-11(16)10-2-1-5-14-10/h3-4,6,10,14H,1-2,5H2,(H,15,16)/t10-/m1/s1. The van der Waals surface area contributed by atoms with E-state index in [0.29, 0.717) is 5.02 Å². The van der Waals surface area contributed by atoms with Crippen molar-refractivity contribution in [1.29, 1.82) is 0 Å². The number of carbonyl (C=O) groups is 1. The van der Waals surface area contributed by atoms with Crippen LogP contribution in [0.4, 0.5) is 5.69 Å². The largest absolute Gasteiger partial charge is 0.324 e. The fourth-order valence-corrected chi connectivity index (χ4v) is 2.50. The Bertz CT molecular complexity index is 405. The van der Waals surface area contributed by atoms with Crippen LogP contribution in [-0.2, 0) is 4.79 Å². The Hall–Kier alpha value is -0.580. The second-order valence-corrected chi connectivity index (χ2v) is 5.05. The van der Waals surface area contributed by atoms with Crippen LogP contribution in [-0.4, -0.2) is 18.5 Å². The van der Waals surface area contributed by atoms with Gasteiger partial charge in [-0.25, -0.2) is 0 Å². The summed E-state index contributed by atoms with van der Waals surface area (Å²) in [5, 5.41) is 6.67. The van der Waals surface area contributed by atoms with Crippen molar-refractivity contribution in [3.8, 4) is 0 Å². The number of hydrogen-bond donors (Lipinski definition) is 2. The first-order chi connectivity index (χ1) is 7.66. The third-order valence-electron chi connectivity index (χ3n) is 2.57. The molecule has 0 spiro atoms. The Morgan fingerprint density at radius 3 is 3.00 bits per heavy atom. The average Bonchev–Trinajstić information content (AvgIpc) is 2.75. The summed E-state index contributed by atoms with van der Waals surface area (Å²) in [6.07, 6.45) is 1.96. The first-order valence-electron chi connectivity index (χ1n) is 5.16. The molecule has 0 saturated carbocycles. The highest BCUT2D eigenvalue weighted by Crippen LogP contribution is 2.26. The van der Waals surface area contributed by atoms with E-state index in [2.05, 4.69) is 26.6 Å². The second kappa shape index (κ2) is 5.17. The van der Waals surface area contributed by atoms with E-state index in [-0.39, 0.29) is 11.9 Å². The molecule has 0 aliphatic carbocycles. The van der Waals surface area contributed by atoms with E-state index in [4.69, 9.17) is 11.6 Å². The molecule has 1 aliphatic heterocycles. The zero-order valence-electron chi connectivity index (χ0n) is 8.59. The van der Waals surface area contributed by atoms with Gasteiger partial charge in [-0.15, -0.1) is 0 Å². The molecule has 0 radical (unpaired) electrons. The number of amides is 1. The van der Waals surface area contributed by atoms with Crippen molar-refractivity contribution in [2.24, 2.45) is 0 Å². The monoisotopic (exact) mass is 302 g/mol. The number of hydrogen-bond acceptors (Lipinski definition) is 2. The van der Waals surface area contributed by atoms with Gasteiger partial charge in [-0.05, 0) is 53.5 Å². The Morgan fingerprint density at radius 1 is 1.56 bits per heavy atom. The molecule has 2 rings (SSSR count). The Labute approximate surface area is 108 Å². The summed E-state index contributed by atoms with van der Waals surface area (Å²) in [5.41, 5.74) is 0.753. The lowest BCUT2D eigenvalue weighted by atomic mass is 10.2. The van der Waals surface area contributed by atoms with Crippen LogP contribution in [0.1, 0.15) is 12.8 Å². The van der Waals surface area contributed by atoms with Gasteiger partial charge in [0, 0.05) is 9.50 Å². The summed E-state index contributed by atoms with van der Waals surface area (Å²) < 4.78 is 0.798. The molecule has 2 N–H and O–H groups in total. The molecule has 1 aromatic rings. The van der Waals surface area contributed by atoms with Crippen LogP contribution >= 0.6 is 27.5 Å². The summed E-state index contributed by atoms with van der Waals surface area (Å²) in [6, 6.07) is 5.24. The molecule has 1 aliphatic rings. The van der Waals surface area contributed by atoms with Crippen molar-refractivity contribution in [2.45, 2.75) is 18.9 Å². The quantitative estimate of drug-likeness (QED) is 0.882. The molecule has 1 atom stereocenters. The van der Waals surface area contributed by atoms with Gasteiger partial charge >= 0.3 is 0 Å². The fourth-order valence-electron chi connectivity index (χ4n) is 1.72. The summed E-state index contributed by atoms with van der Waals surface area (Å²) in [4.78, 5) is 11.8. The first kappa shape index (κ1) is 11.9. The maximum atomic E-state index is 11.8. The highest BCUT2D eigenvalue weighted by Gasteiger charge is 2.22. The summed E-state index contributed by atoms with van der Waals surface area (Å²) in [5.74, 6) is 0.0144. The van der Waals surface area contributed by atoms with E-state index in [1.54, 1.807) is 18.2 Å². The van der Waals surface area contributed by atoms with E-state index in [1.807, 2.05) is 0 Å². The Kier molecular flexibility index (Phi) is 3.84. The molecule has 0 bridgehead atoms. The van der Waals surface area contributed by atoms with Gasteiger partial charge in [0.05, 0.1) is 11.7 Å². The lowest BCUT2D eigenvalue weighted by Gasteiger charge is -2.12. The highest BCUT2D eigenvalue weighted by atomic mass is 79.9. The van der Waals surface area contributed by atoms with Crippen molar-refractivity contribution < 1.29 is 4.79 Å². The molecule has 86 valence electrons. The Balaban J connectivity index is 2.05. The van der Waals surface area contributed by atoms with Gasteiger partial charge in [-0.2, -0.15) is 0 Å². The first-order valence-corrected chi connectivity index (χ1v) is 6.33. The molecule has 1 heterocycles. The molecular formula is C11H12BrClN2O. The summed E-state index contributed by atoms with van der Waals surface area (Å²) in [6.45, 7) is 0.917. The van der Waals surface area contributed by atoms with Crippen LogP contribution in [0.15, 0.2) is 22.7 Å². The molecule has 1 fully saturated rings. The predicted octanol–water partition coefficient (Wildman–Crippen LogP) is 2.79. The zero-order chi connectivity index (χ0) is 11.5. The number of halogens is 2. The van der Waals surface area contributed by atoms with E-state index in [1.165, 1.54) is 0 Å². The van der Waals surface area contributed by atoms with E-state index >= 15 is 0 Å². The number of nitrogens with one attached hydrogen (secondary N) is 2. The molecule has 1 saturated heterocycles. The van der Waals surface area contributed by atoms with Gasteiger partial charge in [-0.3, -0.25) is 4.79 Å². The van der Waals surface area contributed by atoms with E-state index < -0.39 is 0 Å². The van der Waals surface area contributed by atoms with Gasteiger partial charge in [0.15, 0.2) is 0 Å². The van der Waals surface area contributed by atoms with Crippen molar-refractivity contribution >= 4 is 39.1 Å². The van der Waals surface area contributed by atoms with Gasteiger partial charge in [0.2, 0.25) is 5.91 Å². The molecule has 1 amide bonds. The maximum Gasteiger partial charge on any atom is 0.241 e. The molecule has 5 heteroatoms. The minimum atomic E-state index is -0.0671. The number of rotatable bonds is 2. The molecule has 0 aromatic heterocycles. The normalized spacial score (nSPS) is 19.8. The molecule has 3 nitrogen and oxygen atoms in total. The predicted molar refractivity (Wildman–Crippen MR) is 68.8 cm³/mol. The Morgan fingerprint density at radius 2 is 2.38 bits per heavy atom. The summed E-state index contributed by atoms with van der Waals surface area (Å²) >= 11 is 9.19. The van der Waals surface area contributed by atoms with Crippen molar-refractivity contribution in [3.05, 3.63) is 27.7 Å². The molecule has 0 unspecified atom stereocenters. The number of benzene rings is 1. The third-order valence-corrected chi connectivity index (χ3v) is 3.46. The third kappa shape index (κ3) is 2.75. The minimum Gasteiger partial charge on any atom is -0.324 e. The number of anilines is 1. The zero-order valence-corrected chi connectivity index (χ0v) is 10.9. The van der Waals surface area contributed by atoms with Crippen LogP contribution in [0, 0.1) is 0 Å². The van der Waals surface area contributed by atoms with Crippen LogP contribution < -0.4 is 10.6 Å². The van der Waals surface area contributed by atoms with Crippen molar-refractivity contribution in [2.75, 3.05) is 11.9 Å². The van der Waals surface area contributed by atoms with Crippen LogP contribution in [0.2, 0.25) is 5.02 Å². The average molecular weight is 304 g/mol. The van der Waals surface area contributed by atoms with Gasteiger partial charge < -0.3 is 10.6 Å². The highest BCUT2D eigenvalue weighted by molar-refractivity contribution is 9.10. The smallest absolute Gasteiger partial charge is 0.241 e. The van der Waals surface area contributed by atoms with Crippen LogP contribution in [0.5, 0.6) is 0 Å². The lowest BCUT2D eigenvalue weighted by molar-refractivity contribution is -0.117. The molecular weight excluding hydrogens is 291 g/mol. The molecule has 1 aromatic carbocycles. The maximum absolute atomic E-state index is 11.8. The summed E-state index contributed by atoms with van der Waals surface area (Å²) in [7, 11) is 0. The van der Waals surface area contributed by atoms with Crippen LogP contribution in [0.3, 0.4) is 0 Å². The number of carbonyl (C=O) groups excluding carboxylic acids is 1.